The number of nitrogens with zero attached hydrogens (tertiary/aromatic N) is 3. The van der Waals surface area contributed by atoms with E-state index in [9.17, 15) is 0 Å². The van der Waals surface area contributed by atoms with Crippen LogP contribution in [0.4, 0.5) is 0 Å². The lowest BCUT2D eigenvalue weighted by Gasteiger charge is -2.09. The molecule has 2 rings (SSSR count). The van der Waals surface area contributed by atoms with Gasteiger partial charge in [0.2, 0.25) is 0 Å². The Balaban J connectivity index is 2.08. The van der Waals surface area contributed by atoms with Crippen molar-refractivity contribution in [3.8, 4) is 5.75 Å². The first-order valence-corrected chi connectivity index (χ1v) is 5.72. The molecular weight excluding hydrogens is 232 g/mol. The van der Waals surface area contributed by atoms with Crippen molar-refractivity contribution in [2.75, 3.05) is 7.05 Å². The van der Waals surface area contributed by atoms with Crippen molar-refractivity contribution in [2.45, 2.75) is 27.0 Å². The van der Waals surface area contributed by atoms with E-state index in [1.165, 1.54) is 0 Å². The zero-order valence-electron chi connectivity index (χ0n) is 10.7. The summed E-state index contributed by atoms with van der Waals surface area (Å²) in [6.45, 7) is 4.62. The smallest absolute Gasteiger partial charge is 0.264 e. The fourth-order valence-electron chi connectivity index (χ4n) is 1.56. The fraction of sp³-hybridized carbons (Fsp3) is 0.417. The Morgan fingerprint density at radius 1 is 1.28 bits per heavy atom. The van der Waals surface area contributed by atoms with Gasteiger partial charge in [-0.2, -0.15) is 4.98 Å². The monoisotopic (exact) mass is 248 g/mol. The molecule has 0 amide bonds. The maximum atomic E-state index is 5.65. The topological polar surface area (TPSA) is 73.1 Å². The number of nitrogens with one attached hydrogen (secondary N) is 1. The summed E-state index contributed by atoms with van der Waals surface area (Å²) < 4.78 is 10.6. The molecule has 0 aliphatic rings. The van der Waals surface area contributed by atoms with E-state index in [1.54, 1.807) is 6.92 Å². The predicted molar refractivity (Wildman–Crippen MR) is 65.1 cm³/mol. The largest absolute Gasteiger partial charge is 0.482 e. The second-order valence-electron chi connectivity index (χ2n) is 3.95. The molecular formula is C12H16N4O2. The van der Waals surface area contributed by atoms with Crippen molar-refractivity contribution in [3.63, 3.8) is 0 Å². The quantitative estimate of drug-likeness (QED) is 0.861. The molecule has 0 fully saturated rings. The Labute approximate surface area is 105 Å². The highest BCUT2D eigenvalue weighted by atomic mass is 16.5. The second-order valence-corrected chi connectivity index (χ2v) is 3.95. The van der Waals surface area contributed by atoms with Crippen LogP contribution in [-0.4, -0.2) is 22.2 Å². The summed E-state index contributed by atoms with van der Waals surface area (Å²) in [6.07, 6.45) is 0. The molecule has 96 valence electrons. The average Bonchev–Trinajstić information content (AvgIpc) is 2.75. The number of aromatic nitrogens is 3. The first-order valence-electron chi connectivity index (χ1n) is 5.72. The third-order valence-electron chi connectivity index (χ3n) is 2.34. The third-order valence-corrected chi connectivity index (χ3v) is 2.34. The first kappa shape index (κ1) is 12.5. The van der Waals surface area contributed by atoms with E-state index in [0.717, 1.165) is 17.1 Å². The standard InChI is InChI=1S/C12H16N4O2/c1-8-4-5-11(10(14-8)6-13-3)17-7-12-15-9(2)16-18-12/h4-5,13H,6-7H2,1-3H3. The van der Waals surface area contributed by atoms with Gasteiger partial charge in [-0.25, -0.2) is 0 Å². The molecule has 2 heterocycles. The van der Waals surface area contributed by atoms with E-state index in [1.807, 2.05) is 26.1 Å². The van der Waals surface area contributed by atoms with Crippen molar-refractivity contribution < 1.29 is 9.26 Å². The van der Waals surface area contributed by atoms with E-state index >= 15 is 0 Å². The summed E-state index contributed by atoms with van der Waals surface area (Å²) in [4.78, 5) is 8.51. The van der Waals surface area contributed by atoms with Crippen molar-refractivity contribution in [3.05, 3.63) is 35.2 Å². The van der Waals surface area contributed by atoms with Gasteiger partial charge in [0.25, 0.3) is 5.89 Å². The van der Waals surface area contributed by atoms with E-state index in [0.29, 0.717) is 18.3 Å². The molecule has 0 aliphatic carbocycles. The Kier molecular flexibility index (Phi) is 3.88. The number of hydrogen-bond acceptors (Lipinski definition) is 6. The van der Waals surface area contributed by atoms with Crippen LogP contribution in [0.2, 0.25) is 0 Å². The summed E-state index contributed by atoms with van der Waals surface area (Å²) in [5.41, 5.74) is 1.83. The van der Waals surface area contributed by atoms with Gasteiger partial charge in [-0.15, -0.1) is 0 Å². The lowest BCUT2D eigenvalue weighted by molar-refractivity contribution is 0.239. The number of ether oxygens (including phenoxy) is 1. The normalized spacial score (nSPS) is 10.6. The molecule has 0 atom stereocenters. The SMILES string of the molecule is CNCc1nc(C)ccc1OCc1nc(C)no1. The molecule has 2 aromatic rings. The van der Waals surface area contributed by atoms with Crippen molar-refractivity contribution >= 4 is 0 Å². The van der Waals surface area contributed by atoms with Gasteiger partial charge in [0.05, 0.1) is 5.69 Å². The van der Waals surface area contributed by atoms with Gasteiger partial charge in [-0.3, -0.25) is 4.98 Å². The minimum absolute atomic E-state index is 0.252. The lowest BCUT2D eigenvalue weighted by Crippen LogP contribution is -2.10. The molecule has 0 saturated heterocycles. The zero-order valence-corrected chi connectivity index (χ0v) is 10.7. The lowest BCUT2D eigenvalue weighted by atomic mass is 10.3. The van der Waals surface area contributed by atoms with Crippen LogP contribution < -0.4 is 10.1 Å². The van der Waals surface area contributed by atoms with Crippen LogP contribution in [-0.2, 0) is 13.2 Å². The minimum Gasteiger partial charge on any atom is -0.482 e. The Morgan fingerprint density at radius 3 is 2.78 bits per heavy atom. The molecule has 2 aromatic heterocycles. The molecule has 0 bridgehead atoms. The number of pyridine rings is 1. The third kappa shape index (κ3) is 3.04. The molecule has 0 radical (unpaired) electrons. The van der Waals surface area contributed by atoms with Crippen LogP contribution in [0.15, 0.2) is 16.7 Å². The van der Waals surface area contributed by atoms with Gasteiger partial charge in [0, 0.05) is 12.2 Å². The summed E-state index contributed by atoms with van der Waals surface area (Å²) in [7, 11) is 1.87. The molecule has 0 saturated carbocycles. The molecule has 18 heavy (non-hydrogen) atoms. The number of hydrogen-bond donors (Lipinski definition) is 1. The summed E-state index contributed by atoms with van der Waals surface area (Å²) in [6, 6.07) is 3.81. The number of aryl methyl sites for hydroxylation is 2. The van der Waals surface area contributed by atoms with E-state index in [-0.39, 0.29) is 6.61 Å². The van der Waals surface area contributed by atoms with Crippen LogP contribution in [0.3, 0.4) is 0 Å². The maximum absolute atomic E-state index is 5.65. The van der Waals surface area contributed by atoms with Gasteiger partial charge in [-0.05, 0) is 33.0 Å². The predicted octanol–water partition coefficient (Wildman–Crippen LogP) is 1.38. The van der Waals surface area contributed by atoms with Crippen LogP contribution in [0.1, 0.15) is 23.1 Å². The van der Waals surface area contributed by atoms with Gasteiger partial charge in [-0.1, -0.05) is 5.16 Å². The molecule has 6 heteroatoms. The van der Waals surface area contributed by atoms with Gasteiger partial charge in [0.15, 0.2) is 12.4 Å². The van der Waals surface area contributed by atoms with Crippen molar-refractivity contribution in [1.29, 1.82) is 0 Å². The highest BCUT2D eigenvalue weighted by Crippen LogP contribution is 2.18. The first-order chi connectivity index (χ1) is 8.69. The van der Waals surface area contributed by atoms with Gasteiger partial charge >= 0.3 is 0 Å². The van der Waals surface area contributed by atoms with Gasteiger partial charge < -0.3 is 14.6 Å². The highest BCUT2D eigenvalue weighted by Gasteiger charge is 2.08. The van der Waals surface area contributed by atoms with Crippen LogP contribution >= 0.6 is 0 Å². The van der Waals surface area contributed by atoms with Crippen molar-refractivity contribution in [1.82, 2.24) is 20.4 Å². The van der Waals surface area contributed by atoms with E-state index < -0.39 is 0 Å². The highest BCUT2D eigenvalue weighted by molar-refractivity contribution is 5.29. The summed E-state index contributed by atoms with van der Waals surface area (Å²) in [5, 5.41) is 6.77. The van der Waals surface area contributed by atoms with E-state index in [2.05, 4.69) is 20.4 Å². The Hall–Kier alpha value is -1.95. The Bertz CT molecular complexity index is 525. The Morgan fingerprint density at radius 2 is 2.11 bits per heavy atom. The molecule has 0 spiro atoms. The number of rotatable bonds is 5. The van der Waals surface area contributed by atoms with Crippen LogP contribution in [0.5, 0.6) is 5.75 Å². The molecule has 6 nitrogen and oxygen atoms in total. The summed E-state index contributed by atoms with van der Waals surface area (Å²) >= 11 is 0. The van der Waals surface area contributed by atoms with Crippen LogP contribution in [0, 0.1) is 13.8 Å². The maximum Gasteiger partial charge on any atom is 0.264 e. The summed E-state index contributed by atoms with van der Waals surface area (Å²) in [5.74, 6) is 1.79. The minimum atomic E-state index is 0.252. The zero-order chi connectivity index (χ0) is 13.0. The van der Waals surface area contributed by atoms with Crippen LogP contribution in [0.25, 0.3) is 0 Å². The molecule has 0 unspecified atom stereocenters. The molecule has 0 aromatic carbocycles. The average molecular weight is 248 g/mol. The van der Waals surface area contributed by atoms with E-state index in [4.69, 9.17) is 9.26 Å². The second kappa shape index (κ2) is 5.59. The van der Waals surface area contributed by atoms with Gasteiger partial charge in [0.1, 0.15) is 5.75 Å². The molecule has 1 N–H and O–H groups in total. The fourth-order valence-corrected chi connectivity index (χ4v) is 1.56. The van der Waals surface area contributed by atoms with Crippen molar-refractivity contribution in [2.24, 2.45) is 0 Å². The molecule has 0 aliphatic heterocycles.